The molecule has 2 rings (SSSR count). The summed E-state index contributed by atoms with van der Waals surface area (Å²) in [6.07, 6.45) is 0.343. The van der Waals surface area contributed by atoms with Gasteiger partial charge in [-0.2, -0.15) is 5.26 Å². The lowest BCUT2D eigenvalue weighted by molar-refractivity contribution is 0.105. The van der Waals surface area contributed by atoms with Crippen LogP contribution in [0, 0.1) is 11.3 Å². The van der Waals surface area contributed by atoms with Gasteiger partial charge in [0, 0.05) is 0 Å². The molecule has 0 saturated heterocycles. The van der Waals surface area contributed by atoms with Crippen molar-refractivity contribution in [2.45, 2.75) is 25.6 Å². The lowest BCUT2D eigenvalue weighted by Crippen LogP contribution is -2.22. The summed E-state index contributed by atoms with van der Waals surface area (Å²) in [5.74, 6) is 0.535. The van der Waals surface area contributed by atoms with Crippen LogP contribution < -0.4 is 5.73 Å². The lowest BCUT2D eigenvalue weighted by atomic mass is 10.2. The number of nitrogens with zero attached hydrogens (tertiary/aromatic N) is 5. The number of aryl methyl sites for hydroxylation is 1. The van der Waals surface area contributed by atoms with Gasteiger partial charge in [0.25, 0.3) is 0 Å². The van der Waals surface area contributed by atoms with E-state index in [-0.39, 0.29) is 0 Å². The molecule has 104 valence electrons. The zero-order valence-electron chi connectivity index (χ0n) is 11.0. The van der Waals surface area contributed by atoms with Crippen LogP contribution >= 0.6 is 0 Å². The van der Waals surface area contributed by atoms with Crippen LogP contribution in [0.4, 0.5) is 0 Å². The molecular formula is C13H16N6O. The molecule has 0 amide bonds. The number of hydrogen-bond acceptors (Lipinski definition) is 6. The van der Waals surface area contributed by atoms with E-state index in [0.717, 1.165) is 5.56 Å². The quantitative estimate of drug-likeness (QED) is 0.799. The number of tetrazole rings is 1. The van der Waals surface area contributed by atoms with Crippen LogP contribution in [0.3, 0.4) is 0 Å². The third-order valence-electron chi connectivity index (χ3n) is 2.74. The molecule has 0 aliphatic rings. The van der Waals surface area contributed by atoms with Gasteiger partial charge in [0.1, 0.15) is 0 Å². The van der Waals surface area contributed by atoms with Crippen molar-refractivity contribution in [3.63, 3.8) is 0 Å². The summed E-state index contributed by atoms with van der Waals surface area (Å²) in [5, 5.41) is 19.8. The van der Waals surface area contributed by atoms with Crippen LogP contribution in [0.5, 0.6) is 0 Å². The molecule has 2 N–H and O–H groups in total. The first-order chi connectivity index (χ1) is 9.81. The van der Waals surface area contributed by atoms with Gasteiger partial charge in [-0.25, -0.2) is 4.68 Å². The summed E-state index contributed by atoms with van der Waals surface area (Å²) in [6, 6.07) is 11.5. The molecular weight excluding hydrogens is 256 g/mol. The molecule has 0 spiro atoms. The van der Waals surface area contributed by atoms with Gasteiger partial charge in [-0.3, -0.25) is 0 Å². The first-order valence-electron chi connectivity index (χ1n) is 6.31. The van der Waals surface area contributed by atoms with Crippen molar-refractivity contribution in [2.24, 2.45) is 5.73 Å². The van der Waals surface area contributed by atoms with Gasteiger partial charge in [-0.15, -0.1) is 5.10 Å². The van der Waals surface area contributed by atoms with E-state index in [2.05, 4.69) is 15.5 Å². The zero-order valence-corrected chi connectivity index (χ0v) is 11.0. The number of nitrogens with two attached hydrogens (primary N) is 1. The van der Waals surface area contributed by atoms with Crippen molar-refractivity contribution in [1.82, 2.24) is 20.2 Å². The maximum absolute atomic E-state index is 8.57. The van der Waals surface area contributed by atoms with Crippen molar-refractivity contribution < 1.29 is 4.74 Å². The molecule has 0 unspecified atom stereocenters. The van der Waals surface area contributed by atoms with Crippen LogP contribution in [0.2, 0.25) is 0 Å². The summed E-state index contributed by atoms with van der Waals surface area (Å²) in [4.78, 5) is 0. The second-order valence-corrected chi connectivity index (χ2v) is 4.28. The van der Waals surface area contributed by atoms with Crippen molar-refractivity contribution in [1.29, 1.82) is 5.26 Å². The fourth-order valence-corrected chi connectivity index (χ4v) is 1.74. The minimum atomic E-state index is -0.410. The standard InChI is InChI=1S/C13H16N6O/c14-7-4-8-19-13(16-17-18-19)12(15)10-20-9-11-5-2-1-3-6-11/h1-3,5-6,12H,4,8-10,15H2/t12-/m1/s1. The Labute approximate surface area is 117 Å². The molecule has 0 fully saturated rings. The Bertz CT molecular complexity index is 562. The number of hydrogen-bond donors (Lipinski definition) is 1. The van der Waals surface area contributed by atoms with Gasteiger partial charge in [-0.1, -0.05) is 30.3 Å². The van der Waals surface area contributed by atoms with E-state index in [1.54, 1.807) is 4.68 Å². The molecule has 0 saturated carbocycles. The Kier molecular flexibility index (Phi) is 5.17. The van der Waals surface area contributed by atoms with Crippen LogP contribution in [0.15, 0.2) is 30.3 Å². The number of aromatic nitrogens is 4. The Morgan fingerprint density at radius 1 is 1.35 bits per heavy atom. The maximum Gasteiger partial charge on any atom is 0.170 e. The molecule has 0 radical (unpaired) electrons. The predicted octanol–water partition coefficient (Wildman–Crippen LogP) is 0.803. The van der Waals surface area contributed by atoms with Gasteiger partial charge in [0.15, 0.2) is 5.82 Å². The van der Waals surface area contributed by atoms with Crippen molar-refractivity contribution >= 4 is 0 Å². The second kappa shape index (κ2) is 7.33. The number of rotatable bonds is 7. The minimum Gasteiger partial charge on any atom is -0.375 e. The second-order valence-electron chi connectivity index (χ2n) is 4.28. The van der Waals surface area contributed by atoms with Crippen molar-refractivity contribution in [3.05, 3.63) is 41.7 Å². The average Bonchev–Trinajstić information content (AvgIpc) is 2.94. The number of benzene rings is 1. The first-order valence-corrected chi connectivity index (χ1v) is 6.31. The molecule has 0 bridgehead atoms. The summed E-state index contributed by atoms with van der Waals surface area (Å²) >= 11 is 0. The third kappa shape index (κ3) is 3.85. The molecule has 2 aromatic rings. The first kappa shape index (κ1) is 14.1. The zero-order chi connectivity index (χ0) is 14.2. The van der Waals surface area contributed by atoms with Crippen LogP contribution in [-0.2, 0) is 17.9 Å². The van der Waals surface area contributed by atoms with Crippen LogP contribution in [0.25, 0.3) is 0 Å². The molecule has 0 aliphatic carbocycles. The molecule has 1 atom stereocenters. The molecule has 7 heteroatoms. The maximum atomic E-state index is 8.57. The van der Waals surface area contributed by atoms with Gasteiger partial charge < -0.3 is 10.5 Å². The van der Waals surface area contributed by atoms with Crippen molar-refractivity contribution in [2.75, 3.05) is 6.61 Å². The highest BCUT2D eigenvalue weighted by molar-refractivity contribution is 5.13. The van der Waals surface area contributed by atoms with E-state index in [1.165, 1.54) is 0 Å². The monoisotopic (exact) mass is 272 g/mol. The Hall–Kier alpha value is -2.30. The summed E-state index contributed by atoms with van der Waals surface area (Å²) < 4.78 is 7.11. The third-order valence-corrected chi connectivity index (χ3v) is 2.74. The Balaban J connectivity index is 1.84. The number of nitriles is 1. The molecule has 1 aromatic heterocycles. The fourth-order valence-electron chi connectivity index (χ4n) is 1.74. The average molecular weight is 272 g/mol. The molecule has 1 aromatic carbocycles. The fraction of sp³-hybridized carbons (Fsp3) is 0.385. The van der Waals surface area contributed by atoms with E-state index in [9.17, 15) is 0 Å². The normalized spacial score (nSPS) is 12.0. The highest BCUT2D eigenvalue weighted by Crippen LogP contribution is 2.08. The van der Waals surface area contributed by atoms with E-state index < -0.39 is 6.04 Å². The summed E-state index contributed by atoms with van der Waals surface area (Å²) in [5.41, 5.74) is 7.09. The largest absolute Gasteiger partial charge is 0.375 e. The smallest absolute Gasteiger partial charge is 0.170 e. The van der Waals surface area contributed by atoms with Crippen LogP contribution in [-0.4, -0.2) is 26.8 Å². The molecule has 7 nitrogen and oxygen atoms in total. The molecule has 1 heterocycles. The van der Waals surface area contributed by atoms with E-state index in [4.69, 9.17) is 15.7 Å². The van der Waals surface area contributed by atoms with Gasteiger partial charge in [0.2, 0.25) is 0 Å². The van der Waals surface area contributed by atoms with Gasteiger partial charge in [0.05, 0.1) is 38.3 Å². The van der Waals surface area contributed by atoms with Crippen LogP contribution in [0.1, 0.15) is 23.9 Å². The van der Waals surface area contributed by atoms with E-state index in [0.29, 0.717) is 32.0 Å². The van der Waals surface area contributed by atoms with Gasteiger partial charge in [-0.05, 0) is 16.0 Å². The minimum absolute atomic E-state index is 0.321. The predicted molar refractivity (Wildman–Crippen MR) is 71.1 cm³/mol. The Morgan fingerprint density at radius 3 is 2.90 bits per heavy atom. The molecule has 0 aliphatic heterocycles. The van der Waals surface area contributed by atoms with E-state index >= 15 is 0 Å². The summed E-state index contributed by atoms with van der Waals surface area (Å²) in [6.45, 7) is 1.25. The van der Waals surface area contributed by atoms with Crippen molar-refractivity contribution in [3.8, 4) is 6.07 Å². The highest BCUT2D eigenvalue weighted by Gasteiger charge is 2.15. The highest BCUT2D eigenvalue weighted by atomic mass is 16.5. The molecule has 20 heavy (non-hydrogen) atoms. The topological polar surface area (TPSA) is 103 Å². The lowest BCUT2D eigenvalue weighted by Gasteiger charge is -2.11. The summed E-state index contributed by atoms with van der Waals surface area (Å²) in [7, 11) is 0. The number of ether oxygens (including phenoxy) is 1. The Morgan fingerprint density at radius 2 is 2.15 bits per heavy atom. The van der Waals surface area contributed by atoms with E-state index in [1.807, 2.05) is 36.4 Å². The van der Waals surface area contributed by atoms with Gasteiger partial charge >= 0.3 is 0 Å². The SMILES string of the molecule is N#CCCn1nnnc1[C@H](N)COCc1ccccc1.